The van der Waals surface area contributed by atoms with Gasteiger partial charge in [0.25, 0.3) is 0 Å². The van der Waals surface area contributed by atoms with Crippen molar-refractivity contribution in [2.45, 2.75) is 77.5 Å². The summed E-state index contributed by atoms with van der Waals surface area (Å²) in [6.07, 6.45) is 1.16. The first-order chi connectivity index (χ1) is 14.2. The van der Waals surface area contributed by atoms with Crippen LogP contribution in [-0.4, -0.2) is 34.6 Å². The number of thioether (sulfide) groups is 2. The molecule has 2 aromatic heterocycles. The van der Waals surface area contributed by atoms with Crippen LogP contribution in [0.3, 0.4) is 0 Å². The average molecular weight is 487 g/mol. The molecule has 0 spiro atoms. The van der Waals surface area contributed by atoms with Crippen LogP contribution in [0.15, 0.2) is 29.6 Å². The monoisotopic (exact) mass is 486 g/mol. The molecule has 0 fully saturated rings. The number of nitrogens with one attached hydrogen (secondary N) is 2. The normalized spacial score (nSPS) is 12.7. The van der Waals surface area contributed by atoms with Crippen molar-refractivity contribution in [2.24, 2.45) is 0 Å². The third kappa shape index (κ3) is 14.2. The summed E-state index contributed by atoms with van der Waals surface area (Å²) in [6, 6.07) is 9.28. The van der Waals surface area contributed by atoms with Gasteiger partial charge in [-0.05, 0) is 42.2 Å². The van der Waals surface area contributed by atoms with Gasteiger partial charge in [0.15, 0.2) is 0 Å². The smallest absolute Gasteiger partial charge is 0.0386 e. The van der Waals surface area contributed by atoms with Crippen LogP contribution < -0.4 is 10.6 Å². The second kappa shape index (κ2) is 15.8. The summed E-state index contributed by atoms with van der Waals surface area (Å²) in [5, 5.41) is 9.92. The van der Waals surface area contributed by atoms with Crippen molar-refractivity contribution in [1.82, 2.24) is 10.6 Å². The summed E-state index contributed by atoms with van der Waals surface area (Å²) in [5.74, 6) is 2.39. The highest BCUT2D eigenvalue weighted by molar-refractivity contribution is 8.00. The van der Waals surface area contributed by atoms with Crippen molar-refractivity contribution in [3.8, 4) is 0 Å². The first-order valence-electron chi connectivity index (χ1n) is 11.0. The first-order valence-corrected chi connectivity index (χ1v) is 14.7. The van der Waals surface area contributed by atoms with E-state index >= 15 is 0 Å². The van der Waals surface area contributed by atoms with E-state index in [0.29, 0.717) is 10.8 Å². The van der Waals surface area contributed by atoms with E-state index in [1.165, 1.54) is 26.1 Å². The lowest BCUT2D eigenvalue weighted by Crippen LogP contribution is -2.22. The molecule has 172 valence electrons. The quantitative estimate of drug-likeness (QED) is 0.304. The maximum absolute atomic E-state index is 3.55. The van der Waals surface area contributed by atoms with E-state index < -0.39 is 0 Å². The van der Waals surface area contributed by atoms with Gasteiger partial charge in [0.05, 0.1) is 0 Å². The van der Waals surface area contributed by atoms with E-state index in [9.17, 15) is 0 Å². The Morgan fingerprint density at radius 1 is 1.00 bits per heavy atom. The van der Waals surface area contributed by atoms with Crippen molar-refractivity contribution < 1.29 is 0 Å². The first kappa shape index (κ1) is 28.1. The van der Waals surface area contributed by atoms with Gasteiger partial charge in [-0.3, -0.25) is 0 Å². The van der Waals surface area contributed by atoms with Gasteiger partial charge in [0, 0.05) is 56.6 Å². The predicted octanol–water partition coefficient (Wildman–Crippen LogP) is 7.47. The van der Waals surface area contributed by atoms with Gasteiger partial charge < -0.3 is 10.6 Å². The van der Waals surface area contributed by atoms with Crippen LogP contribution in [0.5, 0.6) is 0 Å². The number of aryl methyl sites for hydroxylation is 1. The SMILES string of the molecule is CC(NCCSC(C)(C)C)c1cccs1.CCc1ccc(CNCCSC(C)C)s1. The molecule has 2 heterocycles. The Morgan fingerprint density at radius 3 is 2.30 bits per heavy atom. The third-order valence-corrected chi connectivity index (χ3v) is 8.82. The third-order valence-electron chi connectivity index (χ3n) is 4.15. The Labute approximate surface area is 202 Å². The zero-order valence-corrected chi connectivity index (χ0v) is 23.2. The van der Waals surface area contributed by atoms with Crippen LogP contribution in [0.25, 0.3) is 0 Å². The molecule has 1 unspecified atom stereocenters. The maximum Gasteiger partial charge on any atom is 0.0386 e. The van der Waals surface area contributed by atoms with E-state index in [1.807, 2.05) is 46.2 Å². The molecular weight excluding hydrogens is 445 g/mol. The minimum absolute atomic E-state index is 0.383. The summed E-state index contributed by atoms with van der Waals surface area (Å²) >= 11 is 7.78. The molecule has 0 radical (unpaired) electrons. The van der Waals surface area contributed by atoms with Crippen LogP contribution in [0.4, 0.5) is 0 Å². The highest BCUT2D eigenvalue weighted by Crippen LogP contribution is 2.23. The highest BCUT2D eigenvalue weighted by atomic mass is 32.2. The molecule has 30 heavy (non-hydrogen) atoms. The van der Waals surface area contributed by atoms with Gasteiger partial charge in [0.2, 0.25) is 0 Å². The van der Waals surface area contributed by atoms with Crippen molar-refractivity contribution in [3.63, 3.8) is 0 Å². The topological polar surface area (TPSA) is 24.1 Å². The Hall–Kier alpha value is 0.0200. The molecule has 0 bridgehead atoms. The molecule has 0 saturated heterocycles. The molecule has 2 nitrogen and oxygen atoms in total. The molecule has 0 aliphatic carbocycles. The molecule has 6 heteroatoms. The number of rotatable bonds is 12. The molecule has 0 amide bonds. The largest absolute Gasteiger partial charge is 0.311 e. The fourth-order valence-corrected chi connectivity index (χ4v) is 5.81. The Kier molecular flexibility index (Phi) is 14.7. The minimum Gasteiger partial charge on any atom is -0.311 e. The minimum atomic E-state index is 0.383. The van der Waals surface area contributed by atoms with Gasteiger partial charge in [0.1, 0.15) is 0 Å². The zero-order valence-electron chi connectivity index (χ0n) is 19.9. The maximum atomic E-state index is 3.55. The number of thiophene rings is 2. The predicted molar refractivity (Wildman–Crippen MR) is 146 cm³/mol. The molecule has 0 aliphatic rings. The Morgan fingerprint density at radius 2 is 1.73 bits per heavy atom. The molecule has 0 saturated carbocycles. The average Bonchev–Trinajstić information content (AvgIpc) is 3.36. The van der Waals surface area contributed by atoms with Crippen molar-refractivity contribution in [1.29, 1.82) is 0 Å². The molecule has 2 aromatic rings. The van der Waals surface area contributed by atoms with Crippen molar-refractivity contribution in [3.05, 3.63) is 44.3 Å². The lowest BCUT2D eigenvalue weighted by atomic mass is 10.3. The Bertz CT molecular complexity index is 644. The van der Waals surface area contributed by atoms with Crippen LogP contribution in [0.1, 0.15) is 69.1 Å². The summed E-state index contributed by atoms with van der Waals surface area (Å²) in [7, 11) is 0. The number of hydrogen-bond donors (Lipinski definition) is 2. The summed E-state index contributed by atoms with van der Waals surface area (Å²) in [6.45, 7) is 19.0. The molecule has 1 atom stereocenters. The van der Waals surface area contributed by atoms with Crippen LogP contribution in [0.2, 0.25) is 0 Å². The molecule has 2 rings (SSSR count). The van der Waals surface area contributed by atoms with Gasteiger partial charge >= 0.3 is 0 Å². The van der Waals surface area contributed by atoms with E-state index in [0.717, 1.165) is 31.3 Å². The summed E-state index contributed by atoms with van der Waals surface area (Å²) in [4.78, 5) is 4.38. The lowest BCUT2D eigenvalue weighted by molar-refractivity contribution is 0.609. The van der Waals surface area contributed by atoms with Gasteiger partial charge in [-0.25, -0.2) is 0 Å². The van der Waals surface area contributed by atoms with Crippen molar-refractivity contribution in [2.75, 3.05) is 24.6 Å². The molecule has 2 N–H and O–H groups in total. The summed E-state index contributed by atoms with van der Waals surface area (Å²) < 4.78 is 0.383. The van der Waals surface area contributed by atoms with E-state index in [4.69, 9.17) is 0 Å². The standard InChI is InChI=1S/2C12H21NS2/c1-10(11-6-5-8-14-11)13-7-9-15-12(2,3)4;1-4-11-5-6-12(15-11)9-13-7-8-14-10(2)3/h5-6,8,10,13H,7,9H2,1-4H3;5-6,10,13H,4,7-9H2,1-3H3. The van der Waals surface area contributed by atoms with Crippen LogP contribution in [-0.2, 0) is 13.0 Å². The second-order valence-electron chi connectivity index (χ2n) is 8.47. The zero-order chi connectivity index (χ0) is 22.4. The fourth-order valence-electron chi connectivity index (χ4n) is 2.56. The lowest BCUT2D eigenvalue weighted by Gasteiger charge is -2.18. The molecule has 0 aromatic carbocycles. The van der Waals surface area contributed by atoms with Crippen LogP contribution >= 0.6 is 46.2 Å². The van der Waals surface area contributed by atoms with Gasteiger partial charge in [-0.1, -0.05) is 47.6 Å². The van der Waals surface area contributed by atoms with Crippen molar-refractivity contribution >= 4 is 46.2 Å². The van der Waals surface area contributed by atoms with E-state index in [-0.39, 0.29) is 0 Å². The van der Waals surface area contributed by atoms with E-state index in [2.05, 4.69) is 88.7 Å². The second-order valence-corrected chi connectivity index (χ2v) is 14.3. The number of hydrogen-bond acceptors (Lipinski definition) is 6. The molecular formula is C24H42N2S4. The van der Waals surface area contributed by atoms with Gasteiger partial charge in [-0.2, -0.15) is 23.5 Å². The van der Waals surface area contributed by atoms with Crippen LogP contribution in [0, 0.1) is 0 Å². The summed E-state index contributed by atoms with van der Waals surface area (Å²) in [5.41, 5.74) is 0. The Balaban J connectivity index is 0.000000300. The fraction of sp³-hybridized carbons (Fsp3) is 0.667. The highest BCUT2D eigenvalue weighted by Gasteiger charge is 2.10. The molecule has 0 aliphatic heterocycles. The van der Waals surface area contributed by atoms with E-state index in [1.54, 1.807) is 0 Å². The van der Waals surface area contributed by atoms with Gasteiger partial charge in [-0.15, -0.1) is 22.7 Å².